The lowest BCUT2D eigenvalue weighted by atomic mass is 9.98. The van der Waals surface area contributed by atoms with Gasteiger partial charge >= 0.3 is 0 Å². The molecule has 3 nitrogen and oxygen atoms in total. The van der Waals surface area contributed by atoms with E-state index >= 15 is 0 Å². The first kappa shape index (κ1) is 10.3. The number of nitrogens with zero attached hydrogens (tertiary/aromatic N) is 1. The van der Waals surface area contributed by atoms with E-state index in [0.29, 0.717) is 18.8 Å². The van der Waals surface area contributed by atoms with Crippen LogP contribution in [0.5, 0.6) is 0 Å². The van der Waals surface area contributed by atoms with Crippen LogP contribution in [0.2, 0.25) is 0 Å². The summed E-state index contributed by atoms with van der Waals surface area (Å²) < 4.78 is 5.62. The van der Waals surface area contributed by atoms with Gasteiger partial charge in [-0.25, -0.2) is 0 Å². The topological polar surface area (TPSA) is 38.5 Å². The summed E-state index contributed by atoms with van der Waals surface area (Å²) in [5.41, 5.74) is 8.16. The van der Waals surface area contributed by atoms with Crippen LogP contribution in [0.3, 0.4) is 0 Å². The van der Waals surface area contributed by atoms with Gasteiger partial charge in [-0.1, -0.05) is 24.3 Å². The van der Waals surface area contributed by atoms with Gasteiger partial charge in [0, 0.05) is 32.6 Å². The van der Waals surface area contributed by atoms with E-state index in [1.54, 1.807) is 0 Å². The molecule has 3 aliphatic rings. The number of hydrogen-bond acceptors (Lipinski definition) is 3. The minimum atomic E-state index is 0.502. The molecule has 3 heterocycles. The van der Waals surface area contributed by atoms with Crippen molar-refractivity contribution in [3.8, 4) is 0 Å². The average Bonchev–Trinajstić information content (AvgIpc) is 2.29. The van der Waals surface area contributed by atoms with Crippen LogP contribution in [-0.2, 0) is 17.8 Å². The lowest BCUT2D eigenvalue weighted by molar-refractivity contribution is -0.182. The molecule has 0 radical (unpaired) electrons. The summed E-state index contributed by atoms with van der Waals surface area (Å²) >= 11 is 0. The zero-order chi connectivity index (χ0) is 11.0. The van der Waals surface area contributed by atoms with Crippen LogP contribution >= 0.6 is 0 Å². The molecule has 0 spiro atoms. The van der Waals surface area contributed by atoms with E-state index in [1.165, 1.54) is 17.5 Å². The van der Waals surface area contributed by atoms with Gasteiger partial charge in [0.2, 0.25) is 0 Å². The van der Waals surface area contributed by atoms with E-state index in [4.69, 9.17) is 10.5 Å². The largest absolute Gasteiger partial charge is 0.372 e. The standard InChI is InChI=1S/C13H18N2O/c14-6-10-1-3-11(4-2-10)7-15-8-12-5-13(9-15)16-12/h1-4,12-13H,5-9,14H2. The van der Waals surface area contributed by atoms with Crippen molar-refractivity contribution < 1.29 is 4.74 Å². The maximum Gasteiger partial charge on any atom is 0.0731 e. The Morgan fingerprint density at radius 3 is 2.25 bits per heavy atom. The highest BCUT2D eigenvalue weighted by Crippen LogP contribution is 2.28. The molecule has 4 rings (SSSR count). The maximum atomic E-state index is 5.62. The van der Waals surface area contributed by atoms with Gasteiger partial charge in [0.05, 0.1) is 12.2 Å². The Balaban J connectivity index is 1.60. The van der Waals surface area contributed by atoms with Gasteiger partial charge in [-0.15, -0.1) is 0 Å². The smallest absolute Gasteiger partial charge is 0.0731 e. The molecule has 1 aromatic rings. The highest BCUT2D eigenvalue weighted by molar-refractivity contribution is 5.22. The molecule has 2 bridgehead atoms. The van der Waals surface area contributed by atoms with Crippen molar-refractivity contribution in [2.75, 3.05) is 13.1 Å². The number of nitrogens with two attached hydrogens (primary N) is 1. The van der Waals surface area contributed by atoms with E-state index in [1.807, 2.05) is 0 Å². The van der Waals surface area contributed by atoms with Crippen LogP contribution in [0.4, 0.5) is 0 Å². The fraction of sp³-hybridized carbons (Fsp3) is 0.538. The monoisotopic (exact) mass is 218 g/mol. The third-order valence-corrected chi connectivity index (χ3v) is 3.50. The second kappa shape index (κ2) is 4.17. The molecule has 2 N–H and O–H groups in total. The Morgan fingerprint density at radius 1 is 1.12 bits per heavy atom. The van der Waals surface area contributed by atoms with E-state index in [2.05, 4.69) is 29.2 Å². The molecular formula is C13H18N2O. The summed E-state index contributed by atoms with van der Waals surface area (Å²) in [5, 5.41) is 0. The zero-order valence-electron chi connectivity index (χ0n) is 9.43. The van der Waals surface area contributed by atoms with Crippen molar-refractivity contribution in [3.63, 3.8) is 0 Å². The number of hydrogen-bond donors (Lipinski definition) is 1. The predicted octanol–water partition coefficient (Wildman–Crippen LogP) is 1.12. The number of piperidine rings is 1. The van der Waals surface area contributed by atoms with Gasteiger partial charge in [-0.2, -0.15) is 0 Å². The van der Waals surface area contributed by atoms with Gasteiger partial charge in [-0.3, -0.25) is 4.90 Å². The van der Waals surface area contributed by atoms with Crippen LogP contribution in [0.15, 0.2) is 24.3 Å². The van der Waals surface area contributed by atoms with E-state index in [9.17, 15) is 0 Å². The molecule has 3 heteroatoms. The van der Waals surface area contributed by atoms with Crippen LogP contribution < -0.4 is 5.73 Å². The normalized spacial score (nSPS) is 28.8. The van der Waals surface area contributed by atoms with Gasteiger partial charge in [0.1, 0.15) is 0 Å². The molecule has 0 saturated carbocycles. The van der Waals surface area contributed by atoms with Crippen molar-refractivity contribution in [3.05, 3.63) is 35.4 Å². The number of rotatable bonds is 3. The second-order valence-electron chi connectivity index (χ2n) is 4.83. The number of benzene rings is 1. The van der Waals surface area contributed by atoms with E-state index in [-0.39, 0.29) is 0 Å². The predicted molar refractivity (Wildman–Crippen MR) is 62.9 cm³/mol. The van der Waals surface area contributed by atoms with E-state index < -0.39 is 0 Å². The van der Waals surface area contributed by atoms with Crippen molar-refractivity contribution in [1.82, 2.24) is 4.90 Å². The molecule has 86 valence electrons. The summed E-state index contributed by atoms with van der Waals surface area (Å²) in [7, 11) is 0. The van der Waals surface area contributed by atoms with Crippen LogP contribution in [0.1, 0.15) is 17.5 Å². The second-order valence-corrected chi connectivity index (χ2v) is 4.83. The quantitative estimate of drug-likeness (QED) is 0.826. The van der Waals surface area contributed by atoms with Crippen molar-refractivity contribution in [2.24, 2.45) is 5.73 Å². The molecule has 2 unspecified atom stereocenters. The number of morpholine rings is 1. The SMILES string of the molecule is NCc1ccc(CN2CC3CC(C2)O3)cc1. The summed E-state index contributed by atoms with van der Waals surface area (Å²) in [6.07, 6.45) is 2.27. The van der Waals surface area contributed by atoms with Gasteiger partial charge in [-0.05, 0) is 11.1 Å². The van der Waals surface area contributed by atoms with Crippen LogP contribution in [0, 0.1) is 0 Å². The van der Waals surface area contributed by atoms with Gasteiger partial charge in [0.25, 0.3) is 0 Å². The highest BCUT2D eigenvalue weighted by Gasteiger charge is 2.37. The first-order valence-corrected chi connectivity index (χ1v) is 5.99. The first-order chi connectivity index (χ1) is 7.83. The van der Waals surface area contributed by atoms with Crippen LogP contribution in [-0.4, -0.2) is 30.2 Å². The fourth-order valence-electron chi connectivity index (χ4n) is 2.61. The summed E-state index contributed by atoms with van der Waals surface area (Å²) in [4.78, 5) is 2.49. The Labute approximate surface area is 96.2 Å². The van der Waals surface area contributed by atoms with Gasteiger partial charge in [0.15, 0.2) is 0 Å². The average molecular weight is 218 g/mol. The maximum absolute atomic E-state index is 5.62. The fourth-order valence-corrected chi connectivity index (χ4v) is 2.61. The molecule has 3 saturated heterocycles. The number of ether oxygens (including phenoxy) is 1. The molecule has 16 heavy (non-hydrogen) atoms. The molecule has 0 aliphatic carbocycles. The first-order valence-electron chi connectivity index (χ1n) is 5.99. The minimum Gasteiger partial charge on any atom is -0.372 e. The summed E-state index contributed by atoms with van der Waals surface area (Å²) in [5.74, 6) is 0. The Kier molecular flexibility index (Phi) is 2.67. The third kappa shape index (κ3) is 1.98. The molecule has 1 aromatic carbocycles. The zero-order valence-corrected chi connectivity index (χ0v) is 9.43. The Bertz CT molecular complexity index is 347. The Hall–Kier alpha value is -0.900. The third-order valence-electron chi connectivity index (χ3n) is 3.50. The van der Waals surface area contributed by atoms with Crippen molar-refractivity contribution in [1.29, 1.82) is 0 Å². The minimum absolute atomic E-state index is 0.502. The number of fused-ring (bicyclic) bond motifs is 2. The lowest BCUT2D eigenvalue weighted by Crippen LogP contribution is -2.56. The summed E-state index contributed by atoms with van der Waals surface area (Å²) in [6, 6.07) is 8.61. The molecule has 0 aromatic heterocycles. The van der Waals surface area contributed by atoms with Gasteiger partial charge < -0.3 is 10.5 Å². The molecule has 3 fully saturated rings. The summed E-state index contributed by atoms with van der Waals surface area (Å²) in [6.45, 7) is 3.85. The van der Waals surface area contributed by atoms with E-state index in [0.717, 1.165) is 19.6 Å². The highest BCUT2D eigenvalue weighted by atomic mass is 16.5. The molecule has 3 aliphatic heterocycles. The Morgan fingerprint density at radius 2 is 1.69 bits per heavy atom. The molecule has 2 atom stereocenters. The lowest BCUT2D eigenvalue weighted by Gasteiger charge is -2.47. The van der Waals surface area contributed by atoms with Crippen molar-refractivity contribution in [2.45, 2.75) is 31.7 Å². The molecule has 0 amide bonds. The van der Waals surface area contributed by atoms with Crippen molar-refractivity contribution >= 4 is 0 Å². The molecular weight excluding hydrogens is 200 g/mol. The van der Waals surface area contributed by atoms with Crippen LogP contribution in [0.25, 0.3) is 0 Å².